The molecule has 2 nitrogen and oxygen atoms in total. The molecule has 2 rings (SSSR count). The molecule has 0 radical (unpaired) electrons. The van der Waals surface area contributed by atoms with E-state index >= 15 is 0 Å². The Kier molecular flexibility index (Phi) is 8.11. The molecule has 0 unspecified atom stereocenters. The van der Waals surface area contributed by atoms with Gasteiger partial charge in [-0.2, -0.15) is 0 Å². The lowest BCUT2D eigenvalue weighted by molar-refractivity contribution is 0.480. The van der Waals surface area contributed by atoms with Crippen molar-refractivity contribution in [3.63, 3.8) is 0 Å². The molecule has 1 aromatic carbocycles. The van der Waals surface area contributed by atoms with Crippen LogP contribution in [0.2, 0.25) is 5.02 Å². The van der Waals surface area contributed by atoms with Crippen molar-refractivity contribution < 1.29 is 5.11 Å². The molecule has 0 aliphatic rings. The van der Waals surface area contributed by atoms with Crippen LogP contribution >= 0.6 is 11.6 Å². The second-order valence-electron chi connectivity index (χ2n) is 6.33. The Morgan fingerprint density at radius 2 is 1.71 bits per heavy atom. The van der Waals surface area contributed by atoms with Gasteiger partial charge in [-0.1, -0.05) is 56.4 Å². The zero-order valence-electron chi connectivity index (χ0n) is 14.6. The largest absolute Gasteiger partial charge is 0.506 e. The molecule has 2 aromatic rings. The summed E-state index contributed by atoms with van der Waals surface area (Å²) in [5, 5.41) is 11.4. The van der Waals surface area contributed by atoms with Gasteiger partial charge in [-0.05, 0) is 56.4 Å². The van der Waals surface area contributed by atoms with Crippen LogP contribution < -0.4 is 0 Å². The maximum atomic E-state index is 9.94. The highest BCUT2D eigenvalue weighted by Gasteiger charge is 2.06. The zero-order chi connectivity index (χ0) is 17.2. The lowest BCUT2D eigenvalue weighted by atomic mass is 10.1. The second-order valence-corrected chi connectivity index (χ2v) is 6.74. The molecule has 0 atom stereocenters. The number of rotatable bonds is 10. The number of hydrogen-bond acceptors (Lipinski definition) is 2. The average molecular weight is 346 g/mol. The first kappa shape index (κ1) is 18.8. The molecule has 0 bridgehead atoms. The number of phenolic OH excluding ortho intramolecular Hbond substituents is 1. The Bertz CT molecular complexity index is 666. The summed E-state index contributed by atoms with van der Waals surface area (Å²) in [7, 11) is 0. The average Bonchev–Trinajstić information content (AvgIpc) is 2.60. The molecule has 0 spiro atoms. The maximum absolute atomic E-state index is 9.94. The summed E-state index contributed by atoms with van der Waals surface area (Å²) in [5.74, 6) is 0.200. The quantitative estimate of drug-likeness (QED) is 0.378. The number of aromatic hydroxyl groups is 1. The molecule has 1 N–H and O–H groups in total. The van der Waals surface area contributed by atoms with Crippen molar-refractivity contribution in [3.05, 3.63) is 47.1 Å². The van der Waals surface area contributed by atoms with Crippen molar-refractivity contribution in [1.29, 1.82) is 0 Å². The van der Waals surface area contributed by atoms with Gasteiger partial charge in [-0.3, -0.25) is 0 Å². The van der Waals surface area contributed by atoms with Crippen LogP contribution in [0.1, 0.15) is 64.0 Å². The van der Waals surface area contributed by atoms with Crippen molar-refractivity contribution in [2.75, 3.05) is 0 Å². The Morgan fingerprint density at radius 3 is 2.50 bits per heavy atom. The summed E-state index contributed by atoms with van der Waals surface area (Å²) >= 11 is 6.14. The number of hydrogen-bond donors (Lipinski definition) is 1. The number of aromatic nitrogens is 1. The number of benzene rings is 1. The van der Waals surface area contributed by atoms with Crippen LogP contribution in [0.4, 0.5) is 0 Å². The van der Waals surface area contributed by atoms with Gasteiger partial charge in [-0.25, -0.2) is 4.98 Å². The minimum Gasteiger partial charge on any atom is -0.506 e. The topological polar surface area (TPSA) is 33.1 Å². The Morgan fingerprint density at radius 1 is 0.958 bits per heavy atom. The molecule has 0 aliphatic heterocycles. The summed E-state index contributed by atoms with van der Waals surface area (Å²) in [5.41, 5.74) is 1.64. The van der Waals surface area contributed by atoms with Crippen LogP contribution in [-0.4, -0.2) is 10.1 Å². The summed E-state index contributed by atoms with van der Waals surface area (Å²) < 4.78 is 0. The van der Waals surface area contributed by atoms with Gasteiger partial charge in [0.15, 0.2) is 0 Å². The van der Waals surface area contributed by atoms with Crippen LogP contribution in [-0.2, 0) is 6.42 Å². The molecule has 0 fully saturated rings. The zero-order valence-corrected chi connectivity index (χ0v) is 15.4. The molecule has 130 valence electrons. The first-order chi connectivity index (χ1) is 11.7. The summed E-state index contributed by atoms with van der Waals surface area (Å²) in [6.45, 7) is 2.23. The molecule has 1 aromatic heterocycles. The highest BCUT2D eigenvalue weighted by molar-refractivity contribution is 6.35. The van der Waals surface area contributed by atoms with E-state index in [9.17, 15) is 5.11 Å². The highest BCUT2D eigenvalue weighted by atomic mass is 35.5. The van der Waals surface area contributed by atoms with Crippen LogP contribution in [0.3, 0.4) is 0 Å². The minimum absolute atomic E-state index is 0.200. The van der Waals surface area contributed by atoms with Gasteiger partial charge in [0.2, 0.25) is 0 Å². The molecule has 1 heterocycles. The van der Waals surface area contributed by atoms with Gasteiger partial charge in [0.1, 0.15) is 11.3 Å². The van der Waals surface area contributed by atoms with Crippen molar-refractivity contribution in [3.8, 4) is 5.75 Å². The van der Waals surface area contributed by atoms with Crippen LogP contribution in [0, 0.1) is 0 Å². The van der Waals surface area contributed by atoms with Crippen molar-refractivity contribution in [2.24, 2.45) is 0 Å². The van der Waals surface area contributed by atoms with E-state index in [1.54, 1.807) is 12.1 Å². The fourth-order valence-electron chi connectivity index (χ4n) is 2.83. The third kappa shape index (κ3) is 5.83. The number of aryl methyl sites for hydroxylation is 1. The molecule has 0 amide bonds. The van der Waals surface area contributed by atoms with E-state index in [2.05, 4.69) is 24.1 Å². The Balaban J connectivity index is 1.70. The number of phenols is 1. The smallest absolute Gasteiger partial charge is 0.141 e. The predicted molar refractivity (Wildman–Crippen MR) is 104 cm³/mol. The Labute approximate surface area is 150 Å². The highest BCUT2D eigenvalue weighted by Crippen LogP contribution is 2.29. The van der Waals surface area contributed by atoms with Gasteiger partial charge < -0.3 is 5.11 Å². The van der Waals surface area contributed by atoms with Gasteiger partial charge in [0.25, 0.3) is 0 Å². The normalized spacial score (nSPS) is 11.6. The van der Waals surface area contributed by atoms with Gasteiger partial charge in [0.05, 0.1) is 5.02 Å². The predicted octanol–water partition coefficient (Wildman–Crippen LogP) is 6.83. The number of nitrogens with zero attached hydrogens (tertiary/aromatic N) is 1. The lowest BCUT2D eigenvalue weighted by Gasteiger charge is -2.06. The third-order valence-electron chi connectivity index (χ3n) is 4.29. The van der Waals surface area contributed by atoms with Crippen molar-refractivity contribution in [2.45, 2.75) is 64.7 Å². The number of fused-ring (bicyclic) bond motifs is 1. The lowest BCUT2D eigenvalue weighted by Crippen LogP contribution is -1.92. The summed E-state index contributed by atoms with van der Waals surface area (Å²) in [6.07, 6.45) is 15.5. The van der Waals surface area contributed by atoms with E-state index in [1.807, 2.05) is 12.1 Å². The number of pyridine rings is 1. The SMILES string of the molecule is CCCCC=CCCCCCCc1ccc2c(Cl)ccc(O)c2n1. The van der Waals surface area contributed by atoms with Crippen LogP contribution in [0.25, 0.3) is 10.9 Å². The van der Waals surface area contributed by atoms with E-state index in [-0.39, 0.29) is 5.75 Å². The minimum atomic E-state index is 0.200. The third-order valence-corrected chi connectivity index (χ3v) is 4.61. The van der Waals surface area contributed by atoms with Crippen molar-refractivity contribution >= 4 is 22.5 Å². The number of unbranched alkanes of at least 4 members (excludes halogenated alkanes) is 6. The summed E-state index contributed by atoms with van der Waals surface area (Å²) in [4.78, 5) is 4.57. The molecular formula is C21H28ClNO. The fraction of sp³-hybridized carbons (Fsp3) is 0.476. The fourth-order valence-corrected chi connectivity index (χ4v) is 3.04. The molecule has 0 aliphatic carbocycles. The molecule has 0 saturated carbocycles. The molecular weight excluding hydrogens is 318 g/mol. The second kappa shape index (κ2) is 10.4. The first-order valence-corrected chi connectivity index (χ1v) is 9.52. The number of allylic oxidation sites excluding steroid dienone is 2. The van der Waals surface area contributed by atoms with Crippen molar-refractivity contribution in [1.82, 2.24) is 4.98 Å². The van der Waals surface area contributed by atoms with Gasteiger partial charge >= 0.3 is 0 Å². The van der Waals surface area contributed by atoms with Gasteiger partial charge in [0, 0.05) is 11.1 Å². The molecule has 0 saturated heterocycles. The summed E-state index contributed by atoms with van der Waals surface area (Å²) in [6, 6.07) is 7.29. The monoisotopic (exact) mass is 345 g/mol. The maximum Gasteiger partial charge on any atom is 0.141 e. The van der Waals surface area contributed by atoms with Crippen LogP contribution in [0.5, 0.6) is 5.75 Å². The van der Waals surface area contributed by atoms with E-state index in [0.29, 0.717) is 10.5 Å². The molecule has 24 heavy (non-hydrogen) atoms. The molecule has 3 heteroatoms. The Hall–Kier alpha value is -1.54. The van der Waals surface area contributed by atoms with Gasteiger partial charge in [-0.15, -0.1) is 0 Å². The standard InChI is InChI=1S/C21H28ClNO/c1-2-3-4-5-6-7-8-9-10-11-12-17-13-14-18-19(22)15-16-20(24)21(18)23-17/h5-6,13-16,24H,2-4,7-12H2,1H3. The first-order valence-electron chi connectivity index (χ1n) is 9.14. The van der Waals surface area contributed by atoms with E-state index in [1.165, 1.54) is 44.9 Å². The van der Waals surface area contributed by atoms with Crippen LogP contribution in [0.15, 0.2) is 36.4 Å². The van der Waals surface area contributed by atoms with E-state index in [0.717, 1.165) is 23.9 Å². The van der Waals surface area contributed by atoms with E-state index < -0.39 is 0 Å². The number of halogens is 1. The van der Waals surface area contributed by atoms with E-state index in [4.69, 9.17) is 11.6 Å².